The number of rotatable bonds is 6. The van der Waals surface area contributed by atoms with Crippen LogP contribution in [0.25, 0.3) is 0 Å². The number of nitrogens with zero attached hydrogens (tertiary/aromatic N) is 1. The van der Waals surface area contributed by atoms with E-state index in [0.717, 1.165) is 10.6 Å². The predicted molar refractivity (Wildman–Crippen MR) is 82.9 cm³/mol. The second-order valence-electron chi connectivity index (χ2n) is 4.60. The SMILES string of the molecule is COc1cccc(C(=O)N(C)OC)c1OCc1ccccc1. The van der Waals surface area contributed by atoms with E-state index in [2.05, 4.69) is 0 Å². The van der Waals surface area contributed by atoms with Crippen LogP contribution >= 0.6 is 0 Å². The van der Waals surface area contributed by atoms with Crippen LogP contribution in [0.15, 0.2) is 48.5 Å². The molecule has 2 rings (SSSR count). The van der Waals surface area contributed by atoms with Crippen LogP contribution in [0, 0.1) is 0 Å². The summed E-state index contributed by atoms with van der Waals surface area (Å²) >= 11 is 0. The quantitative estimate of drug-likeness (QED) is 0.770. The molecule has 0 aromatic heterocycles. The largest absolute Gasteiger partial charge is 0.493 e. The molecule has 0 aliphatic carbocycles. The number of para-hydroxylation sites is 1. The summed E-state index contributed by atoms with van der Waals surface area (Å²) in [7, 11) is 4.52. The Kier molecular flexibility index (Phi) is 5.38. The lowest BCUT2D eigenvalue weighted by molar-refractivity contribution is -0.0758. The van der Waals surface area contributed by atoms with Gasteiger partial charge < -0.3 is 9.47 Å². The zero-order valence-electron chi connectivity index (χ0n) is 12.9. The van der Waals surface area contributed by atoms with Gasteiger partial charge in [-0.1, -0.05) is 36.4 Å². The zero-order chi connectivity index (χ0) is 15.9. The molecule has 5 nitrogen and oxygen atoms in total. The molecule has 116 valence electrons. The Labute approximate surface area is 130 Å². The molecule has 2 aromatic carbocycles. The third kappa shape index (κ3) is 3.56. The van der Waals surface area contributed by atoms with Crippen LogP contribution in [0.1, 0.15) is 15.9 Å². The van der Waals surface area contributed by atoms with E-state index in [0.29, 0.717) is 23.7 Å². The zero-order valence-corrected chi connectivity index (χ0v) is 12.9. The molecule has 0 unspecified atom stereocenters. The van der Waals surface area contributed by atoms with Gasteiger partial charge in [-0.05, 0) is 17.7 Å². The molecular weight excluding hydrogens is 282 g/mol. The van der Waals surface area contributed by atoms with Gasteiger partial charge >= 0.3 is 0 Å². The third-order valence-electron chi connectivity index (χ3n) is 3.22. The molecule has 0 atom stereocenters. The number of hydrogen-bond acceptors (Lipinski definition) is 4. The Bertz CT molecular complexity index is 628. The van der Waals surface area contributed by atoms with Crippen LogP contribution in [-0.4, -0.2) is 32.2 Å². The van der Waals surface area contributed by atoms with Crippen LogP contribution in [0.4, 0.5) is 0 Å². The van der Waals surface area contributed by atoms with Gasteiger partial charge in [-0.15, -0.1) is 0 Å². The lowest BCUT2D eigenvalue weighted by atomic mass is 10.1. The van der Waals surface area contributed by atoms with Crippen LogP contribution in [0.5, 0.6) is 11.5 Å². The Morgan fingerprint density at radius 1 is 1.05 bits per heavy atom. The molecule has 1 amide bonds. The number of amides is 1. The fourth-order valence-corrected chi connectivity index (χ4v) is 1.98. The van der Waals surface area contributed by atoms with Gasteiger partial charge in [0, 0.05) is 7.05 Å². The van der Waals surface area contributed by atoms with Crippen molar-refractivity contribution >= 4 is 5.91 Å². The van der Waals surface area contributed by atoms with Crippen molar-refractivity contribution in [2.75, 3.05) is 21.3 Å². The van der Waals surface area contributed by atoms with Gasteiger partial charge in [0.05, 0.1) is 19.8 Å². The van der Waals surface area contributed by atoms with E-state index in [9.17, 15) is 4.79 Å². The maximum atomic E-state index is 12.3. The average molecular weight is 301 g/mol. The van der Waals surface area contributed by atoms with E-state index in [1.165, 1.54) is 7.11 Å². The highest BCUT2D eigenvalue weighted by molar-refractivity contribution is 5.97. The summed E-state index contributed by atoms with van der Waals surface area (Å²) in [4.78, 5) is 17.3. The molecule has 0 bridgehead atoms. The first kappa shape index (κ1) is 15.9. The number of methoxy groups -OCH3 is 1. The summed E-state index contributed by atoms with van der Waals surface area (Å²) in [6.07, 6.45) is 0. The Hall–Kier alpha value is -2.53. The minimum atomic E-state index is -0.301. The first-order valence-corrected chi connectivity index (χ1v) is 6.83. The second kappa shape index (κ2) is 7.47. The molecule has 0 aliphatic rings. The Balaban J connectivity index is 2.29. The van der Waals surface area contributed by atoms with Gasteiger partial charge in [-0.3, -0.25) is 9.63 Å². The van der Waals surface area contributed by atoms with Crippen LogP contribution in [-0.2, 0) is 11.4 Å². The molecule has 0 radical (unpaired) electrons. The smallest absolute Gasteiger partial charge is 0.281 e. The molecule has 2 aromatic rings. The van der Waals surface area contributed by atoms with Crippen LogP contribution < -0.4 is 9.47 Å². The lowest BCUT2D eigenvalue weighted by Crippen LogP contribution is -2.26. The van der Waals surface area contributed by atoms with E-state index in [1.807, 2.05) is 30.3 Å². The van der Waals surface area contributed by atoms with Crippen molar-refractivity contribution < 1.29 is 19.1 Å². The molecule has 5 heteroatoms. The van der Waals surface area contributed by atoms with Crippen LogP contribution in [0.3, 0.4) is 0 Å². The van der Waals surface area contributed by atoms with E-state index in [1.54, 1.807) is 32.4 Å². The maximum Gasteiger partial charge on any atom is 0.281 e. The van der Waals surface area contributed by atoms with Gasteiger partial charge in [0.25, 0.3) is 5.91 Å². The van der Waals surface area contributed by atoms with Crippen molar-refractivity contribution in [2.24, 2.45) is 0 Å². The summed E-state index contributed by atoms with van der Waals surface area (Å²) in [5.41, 5.74) is 1.39. The highest BCUT2D eigenvalue weighted by Crippen LogP contribution is 2.32. The summed E-state index contributed by atoms with van der Waals surface area (Å²) in [5, 5.41) is 1.14. The van der Waals surface area contributed by atoms with Gasteiger partial charge in [-0.2, -0.15) is 0 Å². The average Bonchev–Trinajstić information content (AvgIpc) is 2.59. The standard InChI is InChI=1S/C17H19NO4/c1-18(21-3)17(19)14-10-7-11-15(20-2)16(14)22-12-13-8-5-4-6-9-13/h4-11H,12H2,1-3H3. The first-order chi connectivity index (χ1) is 10.7. The number of hydrogen-bond donors (Lipinski definition) is 0. The number of benzene rings is 2. The predicted octanol–water partition coefficient (Wildman–Crippen LogP) is 2.91. The molecule has 0 saturated heterocycles. The maximum absolute atomic E-state index is 12.3. The second-order valence-corrected chi connectivity index (χ2v) is 4.60. The fraction of sp³-hybridized carbons (Fsp3) is 0.235. The molecule has 0 saturated carbocycles. The highest BCUT2D eigenvalue weighted by Gasteiger charge is 2.20. The van der Waals surface area contributed by atoms with Crippen LogP contribution in [0.2, 0.25) is 0 Å². The van der Waals surface area contributed by atoms with Crippen molar-refractivity contribution in [3.63, 3.8) is 0 Å². The topological polar surface area (TPSA) is 48.0 Å². The monoisotopic (exact) mass is 301 g/mol. The Morgan fingerprint density at radius 2 is 1.77 bits per heavy atom. The minimum absolute atomic E-state index is 0.301. The number of hydroxylamine groups is 2. The van der Waals surface area contributed by atoms with E-state index in [-0.39, 0.29) is 5.91 Å². The molecule has 0 heterocycles. The van der Waals surface area contributed by atoms with Crippen molar-refractivity contribution in [1.82, 2.24) is 5.06 Å². The van der Waals surface area contributed by atoms with E-state index in [4.69, 9.17) is 14.3 Å². The normalized spacial score (nSPS) is 10.1. The molecular formula is C17H19NO4. The molecule has 0 spiro atoms. The highest BCUT2D eigenvalue weighted by atomic mass is 16.7. The number of carbonyl (C=O) groups excluding carboxylic acids is 1. The first-order valence-electron chi connectivity index (χ1n) is 6.83. The summed E-state index contributed by atoms with van der Waals surface area (Å²) in [6, 6.07) is 14.9. The third-order valence-corrected chi connectivity index (χ3v) is 3.22. The summed E-state index contributed by atoms with van der Waals surface area (Å²) < 4.78 is 11.1. The van der Waals surface area contributed by atoms with Gasteiger partial charge in [0.15, 0.2) is 11.5 Å². The van der Waals surface area contributed by atoms with Crippen molar-refractivity contribution in [3.8, 4) is 11.5 Å². The fourth-order valence-electron chi connectivity index (χ4n) is 1.98. The lowest BCUT2D eigenvalue weighted by Gasteiger charge is -2.18. The Morgan fingerprint density at radius 3 is 2.41 bits per heavy atom. The van der Waals surface area contributed by atoms with Gasteiger partial charge in [-0.25, -0.2) is 5.06 Å². The van der Waals surface area contributed by atoms with Gasteiger partial charge in [0.2, 0.25) is 0 Å². The number of carbonyl (C=O) groups is 1. The number of ether oxygens (including phenoxy) is 2. The summed E-state index contributed by atoms with van der Waals surface area (Å²) in [5.74, 6) is 0.610. The molecule has 0 N–H and O–H groups in total. The molecule has 0 fully saturated rings. The van der Waals surface area contributed by atoms with Crippen molar-refractivity contribution in [1.29, 1.82) is 0 Å². The van der Waals surface area contributed by atoms with Crippen molar-refractivity contribution in [2.45, 2.75) is 6.61 Å². The van der Waals surface area contributed by atoms with E-state index >= 15 is 0 Å². The molecule has 0 aliphatic heterocycles. The van der Waals surface area contributed by atoms with Gasteiger partial charge in [0.1, 0.15) is 6.61 Å². The summed E-state index contributed by atoms with van der Waals surface area (Å²) in [6.45, 7) is 0.345. The van der Waals surface area contributed by atoms with E-state index < -0.39 is 0 Å². The van der Waals surface area contributed by atoms with Crippen molar-refractivity contribution in [3.05, 3.63) is 59.7 Å². The minimum Gasteiger partial charge on any atom is -0.493 e. The molecule has 22 heavy (non-hydrogen) atoms.